The maximum absolute atomic E-state index is 10.7. The highest BCUT2D eigenvalue weighted by atomic mass is 32.1. The highest BCUT2D eigenvalue weighted by Gasteiger charge is 2.20. The van der Waals surface area contributed by atoms with Gasteiger partial charge in [0.1, 0.15) is 6.10 Å². The molecule has 0 aromatic heterocycles. The predicted molar refractivity (Wildman–Crippen MR) is 81.1 cm³/mol. The molecule has 0 aliphatic carbocycles. The second-order valence-corrected chi connectivity index (χ2v) is 4.80. The van der Waals surface area contributed by atoms with Gasteiger partial charge >= 0.3 is 0 Å². The normalized spacial score (nSPS) is 13.3. The van der Waals surface area contributed by atoms with Gasteiger partial charge in [-0.1, -0.05) is 18.2 Å². The van der Waals surface area contributed by atoms with Gasteiger partial charge in [-0.3, -0.25) is 4.79 Å². The van der Waals surface area contributed by atoms with E-state index in [-0.39, 0.29) is 17.4 Å². The fourth-order valence-corrected chi connectivity index (χ4v) is 1.87. The predicted octanol–water partition coefficient (Wildman–Crippen LogP) is 0.263. The molecule has 20 heavy (non-hydrogen) atoms. The Kier molecular flexibility index (Phi) is 6.37. The summed E-state index contributed by atoms with van der Waals surface area (Å²) in [4.78, 5) is 10.7. The SMILES string of the molecule is CC(=O)NCCC(O)C(O)c1ccccc1NC(N)=S. The second-order valence-electron chi connectivity index (χ2n) is 4.36. The van der Waals surface area contributed by atoms with Gasteiger partial charge in [-0.05, 0) is 24.7 Å². The highest BCUT2D eigenvalue weighted by molar-refractivity contribution is 7.80. The van der Waals surface area contributed by atoms with Crippen molar-refractivity contribution in [3.05, 3.63) is 29.8 Å². The molecular formula is C13H19N3O3S. The van der Waals surface area contributed by atoms with Crippen molar-refractivity contribution in [2.24, 2.45) is 5.73 Å². The van der Waals surface area contributed by atoms with Crippen molar-refractivity contribution < 1.29 is 15.0 Å². The maximum Gasteiger partial charge on any atom is 0.216 e. The van der Waals surface area contributed by atoms with Gasteiger partial charge in [-0.2, -0.15) is 0 Å². The lowest BCUT2D eigenvalue weighted by molar-refractivity contribution is -0.119. The molecule has 0 fully saturated rings. The molecule has 2 unspecified atom stereocenters. The largest absolute Gasteiger partial charge is 0.390 e. The number of carbonyl (C=O) groups is 1. The maximum atomic E-state index is 10.7. The minimum absolute atomic E-state index is 0.0809. The van der Waals surface area contributed by atoms with Gasteiger partial charge in [0.05, 0.1) is 6.10 Å². The molecule has 0 bridgehead atoms. The Bertz CT molecular complexity index is 482. The minimum atomic E-state index is -1.10. The molecular weight excluding hydrogens is 278 g/mol. The van der Waals surface area contributed by atoms with Crippen LogP contribution in [-0.4, -0.2) is 33.9 Å². The average molecular weight is 297 g/mol. The van der Waals surface area contributed by atoms with E-state index in [2.05, 4.69) is 10.6 Å². The summed E-state index contributed by atoms with van der Waals surface area (Å²) in [6.07, 6.45) is -1.86. The van der Waals surface area contributed by atoms with Gasteiger partial charge in [0.15, 0.2) is 5.11 Å². The molecule has 0 heterocycles. The minimum Gasteiger partial charge on any atom is -0.390 e. The lowest BCUT2D eigenvalue weighted by Gasteiger charge is -2.21. The number of benzene rings is 1. The molecule has 0 spiro atoms. The summed E-state index contributed by atoms with van der Waals surface area (Å²) in [7, 11) is 0. The molecule has 1 aromatic carbocycles. The molecule has 0 aliphatic heterocycles. The lowest BCUT2D eigenvalue weighted by atomic mass is 10.0. The molecule has 7 heteroatoms. The first-order valence-corrected chi connectivity index (χ1v) is 6.58. The molecule has 6 N–H and O–H groups in total. The number of rotatable bonds is 6. The van der Waals surface area contributed by atoms with Crippen LogP contribution in [0.25, 0.3) is 0 Å². The van der Waals surface area contributed by atoms with E-state index in [9.17, 15) is 15.0 Å². The number of carbonyl (C=O) groups excluding carboxylic acids is 1. The molecule has 1 aromatic rings. The Labute approximate surface area is 123 Å². The molecule has 0 saturated heterocycles. The van der Waals surface area contributed by atoms with Gasteiger partial charge in [0.25, 0.3) is 0 Å². The van der Waals surface area contributed by atoms with Crippen LogP contribution >= 0.6 is 12.2 Å². The summed E-state index contributed by atoms with van der Waals surface area (Å²) < 4.78 is 0. The van der Waals surface area contributed by atoms with Crippen molar-refractivity contribution >= 4 is 28.9 Å². The van der Waals surface area contributed by atoms with E-state index in [1.807, 2.05) is 0 Å². The molecule has 2 atom stereocenters. The summed E-state index contributed by atoms with van der Waals surface area (Å²) in [6, 6.07) is 6.88. The first-order valence-electron chi connectivity index (χ1n) is 6.17. The number of anilines is 1. The molecule has 0 radical (unpaired) electrons. The molecule has 110 valence electrons. The van der Waals surface area contributed by atoms with Crippen LogP contribution in [0.4, 0.5) is 5.69 Å². The van der Waals surface area contributed by atoms with Crippen LogP contribution in [0, 0.1) is 0 Å². The molecule has 0 saturated carbocycles. The van der Waals surface area contributed by atoms with Crippen molar-refractivity contribution in [2.75, 3.05) is 11.9 Å². The third-order valence-electron chi connectivity index (χ3n) is 2.72. The number of para-hydroxylation sites is 1. The Morgan fingerprint density at radius 3 is 2.65 bits per heavy atom. The average Bonchev–Trinajstić information content (AvgIpc) is 2.37. The van der Waals surface area contributed by atoms with E-state index >= 15 is 0 Å². The van der Waals surface area contributed by atoms with Crippen molar-refractivity contribution in [3.8, 4) is 0 Å². The zero-order chi connectivity index (χ0) is 15.1. The Balaban J connectivity index is 2.72. The number of nitrogens with two attached hydrogens (primary N) is 1. The smallest absolute Gasteiger partial charge is 0.216 e. The van der Waals surface area contributed by atoms with Crippen molar-refractivity contribution in [3.63, 3.8) is 0 Å². The fourth-order valence-electron chi connectivity index (χ4n) is 1.76. The van der Waals surface area contributed by atoms with Gasteiger partial charge in [0, 0.05) is 24.7 Å². The van der Waals surface area contributed by atoms with E-state index in [1.54, 1.807) is 24.3 Å². The van der Waals surface area contributed by atoms with Gasteiger partial charge < -0.3 is 26.6 Å². The number of hydrogen-bond acceptors (Lipinski definition) is 4. The highest BCUT2D eigenvalue weighted by Crippen LogP contribution is 2.26. The zero-order valence-electron chi connectivity index (χ0n) is 11.2. The van der Waals surface area contributed by atoms with Crippen LogP contribution in [0.15, 0.2) is 24.3 Å². The number of nitrogens with one attached hydrogen (secondary N) is 2. The Morgan fingerprint density at radius 1 is 1.40 bits per heavy atom. The van der Waals surface area contributed by atoms with Gasteiger partial charge in [0.2, 0.25) is 5.91 Å². The van der Waals surface area contributed by atoms with Crippen molar-refractivity contribution in [1.82, 2.24) is 5.32 Å². The van der Waals surface area contributed by atoms with E-state index in [4.69, 9.17) is 18.0 Å². The van der Waals surface area contributed by atoms with Crippen molar-refractivity contribution in [1.29, 1.82) is 0 Å². The quantitative estimate of drug-likeness (QED) is 0.482. The summed E-state index contributed by atoms with van der Waals surface area (Å²) in [5.41, 5.74) is 6.46. The fraction of sp³-hybridized carbons (Fsp3) is 0.385. The molecule has 6 nitrogen and oxygen atoms in total. The van der Waals surface area contributed by atoms with E-state index < -0.39 is 12.2 Å². The summed E-state index contributed by atoms with van der Waals surface area (Å²) in [6.45, 7) is 1.68. The van der Waals surface area contributed by atoms with E-state index in [0.29, 0.717) is 17.8 Å². The first-order chi connectivity index (χ1) is 9.41. The van der Waals surface area contributed by atoms with Crippen LogP contribution in [0.5, 0.6) is 0 Å². The van der Waals surface area contributed by atoms with Crippen LogP contribution < -0.4 is 16.4 Å². The van der Waals surface area contributed by atoms with Crippen LogP contribution in [0.1, 0.15) is 25.0 Å². The van der Waals surface area contributed by atoms with Crippen molar-refractivity contribution in [2.45, 2.75) is 25.6 Å². The molecule has 0 aliphatic rings. The van der Waals surface area contributed by atoms with Crippen LogP contribution in [0.2, 0.25) is 0 Å². The number of aliphatic hydroxyl groups excluding tert-OH is 2. The van der Waals surface area contributed by atoms with Gasteiger partial charge in [-0.25, -0.2) is 0 Å². The van der Waals surface area contributed by atoms with E-state index in [1.165, 1.54) is 6.92 Å². The number of amides is 1. The number of hydrogen-bond donors (Lipinski definition) is 5. The number of aliphatic hydroxyl groups is 2. The number of thiocarbonyl (C=S) groups is 1. The summed E-state index contributed by atoms with van der Waals surface area (Å²) >= 11 is 4.76. The Morgan fingerprint density at radius 2 is 2.05 bits per heavy atom. The zero-order valence-corrected chi connectivity index (χ0v) is 12.0. The topological polar surface area (TPSA) is 108 Å². The summed E-state index contributed by atoms with van der Waals surface area (Å²) in [5, 5.41) is 25.5. The Hall–Kier alpha value is -1.70. The third kappa shape index (κ3) is 5.12. The molecule has 1 amide bonds. The van der Waals surface area contributed by atoms with Crippen LogP contribution in [0.3, 0.4) is 0 Å². The van der Waals surface area contributed by atoms with Gasteiger partial charge in [-0.15, -0.1) is 0 Å². The second kappa shape index (κ2) is 7.78. The summed E-state index contributed by atoms with van der Waals surface area (Å²) in [5.74, 6) is -0.178. The first kappa shape index (κ1) is 16.4. The lowest BCUT2D eigenvalue weighted by Crippen LogP contribution is -2.28. The van der Waals surface area contributed by atoms with E-state index in [0.717, 1.165) is 0 Å². The molecule has 1 rings (SSSR count). The monoisotopic (exact) mass is 297 g/mol. The van der Waals surface area contributed by atoms with Crippen LogP contribution in [-0.2, 0) is 4.79 Å². The standard InChI is InChI=1S/C13H19N3O3S/c1-8(17)15-7-6-11(18)12(19)9-4-2-3-5-10(9)16-13(14)20/h2-5,11-12,18-19H,6-7H2,1H3,(H,15,17)(H3,14,16,20). The third-order valence-corrected chi connectivity index (χ3v) is 2.82.